The topological polar surface area (TPSA) is 84.0 Å². The predicted molar refractivity (Wildman–Crippen MR) is 132 cm³/mol. The van der Waals surface area contributed by atoms with Gasteiger partial charge in [0.25, 0.3) is 0 Å². The number of nitrogens with zero attached hydrogens (tertiary/aromatic N) is 2. The highest BCUT2D eigenvalue weighted by atomic mass is 16.5. The molecule has 4 fully saturated rings. The normalized spacial score (nSPS) is 29.7. The Labute approximate surface area is 210 Å². The molecule has 2 aliphatic heterocycles. The van der Waals surface area contributed by atoms with Gasteiger partial charge in [-0.2, -0.15) is 0 Å². The van der Waals surface area contributed by atoms with Crippen LogP contribution >= 0.6 is 0 Å². The molecule has 2 saturated heterocycles. The number of ether oxygens (including phenoxy) is 1. The van der Waals surface area contributed by atoms with Gasteiger partial charge in [-0.05, 0) is 74.3 Å². The Balaban J connectivity index is 1.14. The molecule has 36 heavy (non-hydrogen) atoms. The highest BCUT2D eigenvalue weighted by Gasteiger charge is 2.61. The predicted octanol–water partition coefficient (Wildman–Crippen LogP) is 4.05. The summed E-state index contributed by atoms with van der Waals surface area (Å²) in [5.74, 6) is -0.542. The van der Waals surface area contributed by atoms with Crippen LogP contribution in [0.4, 0.5) is 5.69 Å². The lowest BCUT2D eigenvalue weighted by Gasteiger charge is -2.25. The fourth-order valence-electron chi connectivity index (χ4n) is 6.96. The highest BCUT2D eigenvalue weighted by molar-refractivity contribution is 6.23. The lowest BCUT2D eigenvalue weighted by atomic mass is 9.81. The van der Waals surface area contributed by atoms with Gasteiger partial charge in [0.05, 0.1) is 29.5 Å². The van der Waals surface area contributed by atoms with E-state index in [0.717, 1.165) is 24.8 Å². The van der Waals surface area contributed by atoms with Crippen LogP contribution in [0.2, 0.25) is 0 Å². The summed E-state index contributed by atoms with van der Waals surface area (Å²) in [5.41, 5.74) is 2.29. The van der Waals surface area contributed by atoms with Crippen LogP contribution in [0.15, 0.2) is 48.5 Å². The van der Waals surface area contributed by atoms with Crippen LogP contribution in [-0.4, -0.2) is 35.1 Å². The Morgan fingerprint density at radius 2 is 1.64 bits per heavy atom. The van der Waals surface area contributed by atoms with E-state index in [1.165, 1.54) is 4.90 Å². The number of hydrogen-bond acceptors (Lipinski definition) is 5. The summed E-state index contributed by atoms with van der Waals surface area (Å²) in [6, 6.07) is 14.6. The molecule has 3 amide bonds. The van der Waals surface area contributed by atoms with Crippen molar-refractivity contribution in [3.05, 3.63) is 59.7 Å². The van der Waals surface area contributed by atoms with E-state index < -0.39 is 11.9 Å². The molecule has 4 aliphatic rings. The van der Waals surface area contributed by atoms with E-state index in [0.29, 0.717) is 35.4 Å². The van der Waals surface area contributed by atoms with Crippen LogP contribution in [0.5, 0.6) is 5.75 Å². The quantitative estimate of drug-likeness (QED) is 0.362. The van der Waals surface area contributed by atoms with Gasteiger partial charge in [-0.1, -0.05) is 30.3 Å². The average Bonchev–Trinajstić information content (AvgIpc) is 3.64. The van der Waals surface area contributed by atoms with Crippen LogP contribution in [0.25, 0.3) is 0 Å². The molecular weight excluding hydrogens is 456 g/mol. The molecule has 2 saturated carbocycles. The summed E-state index contributed by atoms with van der Waals surface area (Å²) in [7, 11) is 0. The third-order valence-electron chi connectivity index (χ3n) is 8.80. The third kappa shape index (κ3) is 3.55. The first-order valence-electron chi connectivity index (χ1n) is 12.9. The number of hydrogen-bond donors (Lipinski definition) is 0. The minimum atomic E-state index is -0.541. The summed E-state index contributed by atoms with van der Waals surface area (Å²) in [6.07, 6.45) is 3.20. The van der Waals surface area contributed by atoms with Crippen molar-refractivity contribution in [3.8, 4) is 5.75 Å². The largest absolute Gasteiger partial charge is 0.426 e. The number of esters is 1. The molecular formula is C29H30N2O5. The second kappa shape index (κ2) is 8.57. The van der Waals surface area contributed by atoms with Gasteiger partial charge in [-0.25, -0.2) is 4.90 Å². The maximum absolute atomic E-state index is 13.2. The molecule has 6 atom stereocenters. The van der Waals surface area contributed by atoms with E-state index in [1.54, 1.807) is 23.1 Å². The van der Waals surface area contributed by atoms with Crippen LogP contribution in [0.3, 0.4) is 0 Å². The van der Waals surface area contributed by atoms with Crippen molar-refractivity contribution in [3.63, 3.8) is 0 Å². The van der Waals surface area contributed by atoms with Gasteiger partial charge in [-0.3, -0.25) is 19.2 Å². The number of fused-ring (bicyclic) bond motifs is 5. The van der Waals surface area contributed by atoms with Crippen molar-refractivity contribution < 1.29 is 23.9 Å². The summed E-state index contributed by atoms with van der Waals surface area (Å²) < 4.78 is 5.65. The number of rotatable bonds is 5. The summed E-state index contributed by atoms with van der Waals surface area (Å²) in [5, 5.41) is 0. The van der Waals surface area contributed by atoms with Crippen molar-refractivity contribution in [1.82, 2.24) is 4.90 Å². The lowest BCUT2D eigenvalue weighted by molar-refractivity contribution is -0.139. The van der Waals surface area contributed by atoms with Crippen molar-refractivity contribution in [2.45, 2.75) is 45.6 Å². The van der Waals surface area contributed by atoms with Crippen molar-refractivity contribution >= 4 is 29.4 Å². The summed E-state index contributed by atoms with van der Waals surface area (Å²) in [6.45, 7) is 4.09. The molecule has 0 N–H and O–H groups in total. The van der Waals surface area contributed by atoms with Gasteiger partial charge >= 0.3 is 5.97 Å². The number of imide groups is 1. The molecule has 2 bridgehead atoms. The van der Waals surface area contributed by atoms with E-state index in [1.807, 2.05) is 44.2 Å². The standard InChI is InChI=1S/C29H30N2O5/c1-16-12-22(10-11-23(16)31-27(33)25-19-8-9-20(13-19)26(25)28(31)34)36-29(35)21-14-24(32)30(15-21)17(2)18-6-4-3-5-7-18/h3-7,10-12,17,19-21,25-26H,8-9,13-15H2,1-2H3/t17-,19-,20-,21+,25-,26+/m0/s1. The maximum Gasteiger partial charge on any atom is 0.316 e. The lowest BCUT2D eigenvalue weighted by Crippen LogP contribution is -2.33. The summed E-state index contributed by atoms with van der Waals surface area (Å²) >= 11 is 0. The van der Waals surface area contributed by atoms with Gasteiger partial charge in [0.2, 0.25) is 17.7 Å². The molecule has 186 valence electrons. The summed E-state index contributed by atoms with van der Waals surface area (Å²) in [4.78, 5) is 55.0. The van der Waals surface area contributed by atoms with Crippen LogP contribution in [0, 0.1) is 36.5 Å². The van der Waals surface area contributed by atoms with E-state index in [-0.39, 0.29) is 42.0 Å². The van der Waals surface area contributed by atoms with Crippen molar-refractivity contribution in [2.75, 3.05) is 11.4 Å². The third-order valence-corrected chi connectivity index (χ3v) is 8.80. The number of carbonyl (C=O) groups is 4. The molecule has 0 radical (unpaired) electrons. The molecule has 2 aromatic rings. The Morgan fingerprint density at radius 3 is 2.28 bits per heavy atom. The Morgan fingerprint density at radius 1 is 0.972 bits per heavy atom. The first-order chi connectivity index (χ1) is 17.3. The van der Waals surface area contributed by atoms with E-state index >= 15 is 0 Å². The number of likely N-dealkylation sites (tertiary alicyclic amines) is 1. The zero-order chi connectivity index (χ0) is 25.1. The number of aryl methyl sites for hydroxylation is 1. The number of anilines is 1. The van der Waals surface area contributed by atoms with Crippen LogP contribution < -0.4 is 9.64 Å². The second-order valence-electron chi connectivity index (χ2n) is 10.8. The number of carbonyl (C=O) groups excluding carboxylic acids is 4. The first kappa shape index (κ1) is 23.0. The van der Waals surface area contributed by atoms with E-state index in [9.17, 15) is 19.2 Å². The molecule has 0 unspecified atom stereocenters. The minimum absolute atomic E-state index is 0.0644. The monoisotopic (exact) mass is 486 g/mol. The van der Waals surface area contributed by atoms with Gasteiger partial charge in [0, 0.05) is 13.0 Å². The molecule has 0 spiro atoms. The Hall–Kier alpha value is -3.48. The highest BCUT2D eigenvalue weighted by Crippen LogP contribution is 2.56. The van der Waals surface area contributed by atoms with Gasteiger partial charge in [0.1, 0.15) is 5.75 Å². The van der Waals surface area contributed by atoms with E-state index in [2.05, 4.69) is 0 Å². The van der Waals surface area contributed by atoms with Gasteiger partial charge < -0.3 is 9.64 Å². The zero-order valence-corrected chi connectivity index (χ0v) is 20.6. The van der Waals surface area contributed by atoms with Gasteiger partial charge in [-0.15, -0.1) is 0 Å². The molecule has 0 aromatic heterocycles. The van der Waals surface area contributed by atoms with Gasteiger partial charge in [0.15, 0.2) is 0 Å². The minimum Gasteiger partial charge on any atom is -0.426 e. The van der Waals surface area contributed by atoms with Crippen molar-refractivity contribution in [2.24, 2.45) is 29.6 Å². The smallest absolute Gasteiger partial charge is 0.316 e. The Kier molecular flexibility index (Phi) is 5.47. The molecule has 7 heteroatoms. The average molecular weight is 487 g/mol. The molecule has 7 nitrogen and oxygen atoms in total. The maximum atomic E-state index is 13.2. The number of benzene rings is 2. The van der Waals surface area contributed by atoms with Crippen LogP contribution in [0.1, 0.15) is 49.8 Å². The molecule has 2 heterocycles. The van der Waals surface area contributed by atoms with Crippen LogP contribution in [-0.2, 0) is 19.2 Å². The second-order valence-corrected chi connectivity index (χ2v) is 10.8. The molecule has 2 aromatic carbocycles. The zero-order valence-electron chi connectivity index (χ0n) is 20.6. The Bertz CT molecular complexity index is 1230. The fraction of sp³-hybridized carbons (Fsp3) is 0.448. The first-order valence-corrected chi connectivity index (χ1v) is 12.9. The molecule has 2 aliphatic carbocycles. The van der Waals surface area contributed by atoms with Crippen molar-refractivity contribution in [1.29, 1.82) is 0 Å². The number of amides is 3. The SMILES string of the molecule is Cc1cc(OC(=O)[C@@H]2CC(=O)N([C@@H](C)c3ccccc3)C2)ccc1N1C(=O)[C@@H]2[C@H]3CC[C@@H](C3)[C@@H]2C1=O. The van der Waals surface area contributed by atoms with E-state index in [4.69, 9.17) is 4.74 Å². The fourth-order valence-corrected chi connectivity index (χ4v) is 6.96. The molecule has 6 rings (SSSR count).